The Balaban J connectivity index is 2.89. The summed E-state index contributed by atoms with van der Waals surface area (Å²) in [6.45, 7) is 8.27. The van der Waals surface area contributed by atoms with E-state index in [4.69, 9.17) is 0 Å². The van der Waals surface area contributed by atoms with Crippen LogP contribution in [0.3, 0.4) is 0 Å². The van der Waals surface area contributed by atoms with E-state index in [9.17, 15) is 9.18 Å². The summed E-state index contributed by atoms with van der Waals surface area (Å²) in [4.78, 5) is 22.0. The number of halogens is 1. The molecule has 1 aliphatic rings. The fraction of sp³-hybridized carbons (Fsp3) is 0.500. The molecule has 0 aliphatic heterocycles. The minimum atomic E-state index is -0.935. The van der Waals surface area contributed by atoms with Gasteiger partial charge in [-0.25, -0.2) is 4.39 Å². The predicted octanol–water partition coefficient (Wildman–Crippen LogP) is 7.92. The van der Waals surface area contributed by atoms with Crippen LogP contribution in [0.15, 0.2) is 81.6 Å². The normalized spacial score (nSPS) is 18.3. The van der Waals surface area contributed by atoms with Crippen LogP contribution in [-0.2, 0) is 4.79 Å². The van der Waals surface area contributed by atoms with E-state index < -0.39 is 6.17 Å². The van der Waals surface area contributed by atoms with Gasteiger partial charge in [-0.1, -0.05) is 82.2 Å². The highest BCUT2D eigenvalue weighted by Gasteiger charge is 2.14. The molecule has 5 heteroatoms. The number of rotatable bonds is 16. The van der Waals surface area contributed by atoms with Crippen molar-refractivity contribution in [2.24, 2.45) is 9.98 Å². The van der Waals surface area contributed by atoms with Gasteiger partial charge in [0.1, 0.15) is 6.17 Å². The van der Waals surface area contributed by atoms with E-state index in [1.54, 1.807) is 12.2 Å². The molecule has 2 atom stereocenters. The summed E-state index contributed by atoms with van der Waals surface area (Å²) < 4.78 is 13.3. The van der Waals surface area contributed by atoms with Gasteiger partial charge in [0, 0.05) is 31.7 Å². The van der Waals surface area contributed by atoms with Crippen LogP contribution in [0.2, 0.25) is 0 Å². The standard InChI is InChI=1S/C30H44FN3O/c1-5-8-10-12-13-15-24-32-28(16-7-3)29(33-23-14-11-9-6-2)21-22-30(35)34-25(4)26-17-19-27(31)20-18-26/h8,10,12-13,16-19,21,23-25,27H,5-7,9,11,14-15,20,22H2,1-4H3,(H,34,35)/b10-8-,13-12-,28-16+,29-21+,32-24?,33-23?/t25-,27?/m1/s1. The first kappa shape index (κ1) is 30.2. The highest BCUT2D eigenvalue weighted by molar-refractivity contribution is 5.78. The number of allylic oxidation sites excluding steroid dienone is 7. The summed E-state index contributed by atoms with van der Waals surface area (Å²) in [5.41, 5.74) is 2.43. The van der Waals surface area contributed by atoms with Crippen molar-refractivity contribution in [1.82, 2.24) is 5.32 Å². The SMILES string of the molecule is CC/C=C\C=C/CC=NC(=C/CC)/C(=C\CC(=O)N[C@H](C)C1=CCC(F)C=C1)N=CCCCCC. The molecular weight excluding hydrogens is 437 g/mol. The summed E-state index contributed by atoms with van der Waals surface area (Å²) in [5.74, 6) is -0.0988. The Morgan fingerprint density at radius 2 is 1.83 bits per heavy atom. The monoisotopic (exact) mass is 481 g/mol. The highest BCUT2D eigenvalue weighted by Crippen LogP contribution is 2.18. The number of alkyl halides is 1. The molecule has 0 bridgehead atoms. The fourth-order valence-electron chi connectivity index (χ4n) is 3.38. The van der Waals surface area contributed by atoms with Crippen LogP contribution in [0.4, 0.5) is 4.39 Å². The topological polar surface area (TPSA) is 53.8 Å². The molecule has 0 aromatic carbocycles. The number of aliphatic imine (C=N–C) groups is 2. The van der Waals surface area contributed by atoms with Crippen LogP contribution in [0.25, 0.3) is 0 Å². The van der Waals surface area contributed by atoms with Crippen molar-refractivity contribution in [3.63, 3.8) is 0 Å². The average molecular weight is 482 g/mol. The zero-order valence-corrected chi connectivity index (χ0v) is 22.1. The van der Waals surface area contributed by atoms with Crippen molar-refractivity contribution in [1.29, 1.82) is 0 Å². The molecule has 0 heterocycles. The molecule has 0 saturated carbocycles. The van der Waals surface area contributed by atoms with Gasteiger partial charge in [-0.2, -0.15) is 0 Å². The van der Waals surface area contributed by atoms with Crippen molar-refractivity contribution >= 4 is 18.3 Å². The van der Waals surface area contributed by atoms with Gasteiger partial charge in [-0.05, 0) is 44.3 Å². The average Bonchev–Trinajstić information content (AvgIpc) is 2.85. The molecule has 35 heavy (non-hydrogen) atoms. The Morgan fingerprint density at radius 1 is 1.09 bits per heavy atom. The second kappa shape index (κ2) is 19.5. The third kappa shape index (κ3) is 14.2. The maximum Gasteiger partial charge on any atom is 0.224 e. The molecule has 1 rings (SSSR count). The number of hydrogen-bond acceptors (Lipinski definition) is 3. The van der Waals surface area contributed by atoms with Gasteiger partial charge >= 0.3 is 0 Å². The molecule has 0 saturated heterocycles. The second-order valence-electron chi connectivity index (χ2n) is 8.51. The predicted molar refractivity (Wildman–Crippen MR) is 150 cm³/mol. The summed E-state index contributed by atoms with van der Waals surface area (Å²) >= 11 is 0. The molecule has 1 aliphatic carbocycles. The minimum Gasteiger partial charge on any atom is -0.349 e. The van der Waals surface area contributed by atoms with Crippen molar-refractivity contribution < 1.29 is 9.18 Å². The lowest BCUT2D eigenvalue weighted by molar-refractivity contribution is -0.120. The largest absolute Gasteiger partial charge is 0.349 e. The van der Waals surface area contributed by atoms with Crippen LogP contribution in [0.1, 0.15) is 85.5 Å². The molecule has 192 valence electrons. The van der Waals surface area contributed by atoms with Gasteiger partial charge in [-0.3, -0.25) is 14.8 Å². The second-order valence-corrected chi connectivity index (χ2v) is 8.51. The van der Waals surface area contributed by atoms with E-state index in [1.165, 1.54) is 12.8 Å². The van der Waals surface area contributed by atoms with E-state index in [0.29, 0.717) is 12.1 Å². The van der Waals surface area contributed by atoms with Gasteiger partial charge in [0.25, 0.3) is 0 Å². The maximum atomic E-state index is 13.3. The lowest BCUT2D eigenvalue weighted by atomic mass is 10.0. The Kier molecular flexibility index (Phi) is 16.8. The Bertz CT molecular complexity index is 859. The quantitative estimate of drug-likeness (QED) is 0.136. The molecule has 0 spiro atoms. The van der Waals surface area contributed by atoms with E-state index in [2.05, 4.69) is 48.2 Å². The first-order valence-corrected chi connectivity index (χ1v) is 13.1. The maximum absolute atomic E-state index is 13.3. The highest BCUT2D eigenvalue weighted by atomic mass is 19.1. The molecule has 0 fully saturated rings. The van der Waals surface area contributed by atoms with Gasteiger partial charge in [-0.15, -0.1) is 0 Å². The summed E-state index contributed by atoms with van der Waals surface area (Å²) in [5, 5.41) is 3.00. The van der Waals surface area contributed by atoms with E-state index in [-0.39, 0.29) is 18.4 Å². The van der Waals surface area contributed by atoms with Crippen LogP contribution in [0, 0.1) is 0 Å². The molecule has 0 aromatic rings. The molecule has 1 unspecified atom stereocenters. The van der Waals surface area contributed by atoms with Crippen LogP contribution in [-0.4, -0.2) is 30.5 Å². The zero-order chi connectivity index (χ0) is 25.7. The molecule has 0 radical (unpaired) electrons. The Morgan fingerprint density at radius 3 is 2.51 bits per heavy atom. The first-order chi connectivity index (χ1) is 17.0. The van der Waals surface area contributed by atoms with Crippen molar-refractivity contribution in [3.05, 3.63) is 71.7 Å². The number of hydrogen-bond donors (Lipinski definition) is 1. The third-order valence-corrected chi connectivity index (χ3v) is 5.35. The van der Waals surface area contributed by atoms with Crippen molar-refractivity contribution in [3.8, 4) is 0 Å². The number of amides is 1. The summed E-state index contributed by atoms with van der Waals surface area (Å²) in [6, 6.07) is -0.169. The number of carbonyl (C=O) groups is 1. The fourth-order valence-corrected chi connectivity index (χ4v) is 3.38. The molecule has 0 aromatic heterocycles. The van der Waals surface area contributed by atoms with Gasteiger partial charge in [0.05, 0.1) is 17.4 Å². The lowest BCUT2D eigenvalue weighted by Crippen LogP contribution is -2.33. The lowest BCUT2D eigenvalue weighted by Gasteiger charge is -2.18. The molecule has 1 N–H and O–H groups in total. The molecule has 4 nitrogen and oxygen atoms in total. The van der Waals surface area contributed by atoms with Crippen LogP contribution < -0.4 is 5.32 Å². The first-order valence-electron chi connectivity index (χ1n) is 13.1. The smallest absolute Gasteiger partial charge is 0.224 e. The molecular formula is C30H44FN3O. The number of carbonyl (C=O) groups excluding carboxylic acids is 1. The van der Waals surface area contributed by atoms with Crippen LogP contribution >= 0.6 is 0 Å². The molecule has 1 amide bonds. The van der Waals surface area contributed by atoms with E-state index >= 15 is 0 Å². The minimum absolute atomic E-state index is 0.0988. The number of nitrogens with one attached hydrogen (secondary N) is 1. The van der Waals surface area contributed by atoms with Crippen LogP contribution in [0.5, 0.6) is 0 Å². The number of unbranched alkanes of at least 4 members (excludes halogenated alkanes) is 3. The zero-order valence-electron chi connectivity index (χ0n) is 22.1. The van der Waals surface area contributed by atoms with Gasteiger partial charge < -0.3 is 5.32 Å². The summed E-state index contributed by atoms with van der Waals surface area (Å²) in [6.07, 6.45) is 27.6. The van der Waals surface area contributed by atoms with Crippen molar-refractivity contribution in [2.75, 3.05) is 0 Å². The third-order valence-electron chi connectivity index (χ3n) is 5.35. The Hall–Kier alpha value is -2.82. The Labute approximate surface area is 212 Å². The summed E-state index contributed by atoms with van der Waals surface area (Å²) in [7, 11) is 0. The van der Waals surface area contributed by atoms with E-state index in [0.717, 1.165) is 43.4 Å². The van der Waals surface area contributed by atoms with Gasteiger partial charge in [0.15, 0.2) is 0 Å². The van der Waals surface area contributed by atoms with E-state index in [1.807, 2.05) is 49.7 Å². The van der Waals surface area contributed by atoms with Gasteiger partial charge in [0.2, 0.25) is 5.91 Å². The van der Waals surface area contributed by atoms with Crippen molar-refractivity contribution in [2.45, 2.75) is 97.7 Å². The number of nitrogens with zero attached hydrogens (tertiary/aromatic N) is 2.